The van der Waals surface area contributed by atoms with Crippen molar-refractivity contribution in [3.63, 3.8) is 0 Å². The zero-order valence-corrected chi connectivity index (χ0v) is 19.2. The van der Waals surface area contributed by atoms with E-state index in [-0.39, 0.29) is 17.9 Å². The fourth-order valence-corrected chi connectivity index (χ4v) is 4.88. The van der Waals surface area contributed by atoms with Crippen molar-refractivity contribution in [2.45, 2.75) is 19.0 Å². The highest BCUT2D eigenvalue weighted by molar-refractivity contribution is 7.09. The third-order valence-corrected chi connectivity index (χ3v) is 6.80. The first kappa shape index (κ1) is 21.7. The lowest BCUT2D eigenvalue weighted by molar-refractivity contribution is -0.117. The summed E-state index contributed by atoms with van der Waals surface area (Å²) in [6.45, 7) is 0.550. The van der Waals surface area contributed by atoms with Crippen LogP contribution in [0.15, 0.2) is 90.3 Å². The fraction of sp³-hybridized carbons (Fsp3) is 0.111. The first-order chi connectivity index (χ1) is 16.6. The minimum Gasteiger partial charge on any atom is -0.397 e. The van der Waals surface area contributed by atoms with Gasteiger partial charge in [-0.15, -0.1) is 11.3 Å². The zero-order valence-electron chi connectivity index (χ0n) is 18.4. The van der Waals surface area contributed by atoms with Crippen molar-refractivity contribution in [1.82, 2.24) is 0 Å². The SMILES string of the molecule is Nc1ccccc1NC(=O)c1ccc(CN2c3ccccc3NC(=O)[C@@H]2Cc2cccs2)cc1. The molecule has 0 fully saturated rings. The highest BCUT2D eigenvalue weighted by Crippen LogP contribution is 2.34. The molecule has 1 aromatic heterocycles. The Bertz CT molecular complexity index is 1320. The molecule has 0 radical (unpaired) electrons. The van der Waals surface area contributed by atoms with Gasteiger partial charge in [0, 0.05) is 23.4 Å². The van der Waals surface area contributed by atoms with E-state index in [2.05, 4.69) is 21.6 Å². The lowest BCUT2D eigenvalue weighted by atomic mass is 10.0. The van der Waals surface area contributed by atoms with E-state index in [4.69, 9.17) is 5.73 Å². The van der Waals surface area contributed by atoms with E-state index in [0.717, 1.165) is 21.8 Å². The third-order valence-electron chi connectivity index (χ3n) is 5.90. The van der Waals surface area contributed by atoms with Gasteiger partial charge in [0.2, 0.25) is 5.91 Å². The fourth-order valence-electron chi connectivity index (χ4n) is 4.14. The van der Waals surface area contributed by atoms with Gasteiger partial charge in [-0.1, -0.05) is 42.5 Å². The monoisotopic (exact) mass is 468 g/mol. The number of rotatable bonds is 6. The second-order valence-electron chi connectivity index (χ2n) is 8.17. The largest absolute Gasteiger partial charge is 0.397 e. The summed E-state index contributed by atoms with van der Waals surface area (Å²) in [5, 5.41) is 7.93. The van der Waals surface area contributed by atoms with E-state index in [1.807, 2.05) is 60.0 Å². The lowest BCUT2D eigenvalue weighted by Crippen LogP contribution is -2.48. The molecule has 1 aliphatic rings. The van der Waals surface area contributed by atoms with Crippen LogP contribution in [0.1, 0.15) is 20.8 Å². The number of hydrogen-bond acceptors (Lipinski definition) is 5. The summed E-state index contributed by atoms with van der Waals surface area (Å²) in [7, 11) is 0. The lowest BCUT2D eigenvalue weighted by Gasteiger charge is -2.38. The van der Waals surface area contributed by atoms with Gasteiger partial charge in [0.25, 0.3) is 5.91 Å². The van der Waals surface area contributed by atoms with Crippen LogP contribution in [0.5, 0.6) is 0 Å². The smallest absolute Gasteiger partial charge is 0.255 e. The second-order valence-corrected chi connectivity index (χ2v) is 9.20. The van der Waals surface area contributed by atoms with Crippen molar-refractivity contribution in [1.29, 1.82) is 0 Å². The molecular formula is C27H24N4O2S. The van der Waals surface area contributed by atoms with Crippen LogP contribution in [0.3, 0.4) is 0 Å². The molecule has 1 atom stereocenters. The highest BCUT2D eigenvalue weighted by Gasteiger charge is 2.33. The van der Waals surface area contributed by atoms with Crippen LogP contribution in [0.2, 0.25) is 0 Å². The van der Waals surface area contributed by atoms with E-state index < -0.39 is 0 Å². The molecule has 0 bridgehead atoms. The Labute approximate surface area is 202 Å². The molecule has 0 spiro atoms. The van der Waals surface area contributed by atoms with E-state index >= 15 is 0 Å². The van der Waals surface area contributed by atoms with Gasteiger partial charge in [-0.25, -0.2) is 0 Å². The summed E-state index contributed by atoms with van der Waals surface area (Å²) in [5.41, 5.74) is 10.4. The molecule has 5 rings (SSSR count). The molecule has 1 aliphatic heterocycles. The zero-order chi connectivity index (χ0) is 23.5. The number of thiophene rings is 1. The van der Waals surface area contributed by atoms with Gasteiger partial charge in [-0.2, -0.15) is 0 Å². The molecule has 2 heterocycles. The molecule has 0 aliphatic carbocycles. The van der Waals surface area contributed by atoms with Crippen LogP contribution in [-0.4, -0.2) is 17.9 Å². The molecule has 2 amide bonds. The molecule has 0 saturated carbocycles. The van der Waals surface area contributed by atoms with E-state index in [1.165, 1.54) is 0 Å². The van der Waals surface area contributed by atoms with Crippen LogP contribution < -0.4 is 21.3 Å². The number of carbonyl (C=O) groups is 2. The van der Waals surface area contributed by atoms with Crippen LogP contribution >= 0.6 is 11.3 Å². The number of hydrogen-bond donors (Lipinski definition) is 3. The van der Waals surface area contributed by atoms with Crippen molar-refractivity contribution >= 4 is 45.9 Å². The number of nitrogens with zero attached hydrogens (tertiary/aromatic N) is 1. The molecule has 0 unspecified atom stereocenters. The molecule has 7 heteroatoms. The second kappa shape index (κ2) is 9.41. The van der Waals surface area contributed by atoms with Gasteiger partial charge in [0.05, 0.1) is 22.7 Å². The molecule has 6 nitrogen and oxygen atoms in total. The number of nitrogens with one attached hydrogen (secondary N) is 2. The minimum absolute atomic E-state index is 0.0106. The van der Waals surface area contributed by atoms with E-state index in [1.54, 1.807) is 35.6 Å². The molecular weight excluding hydrogens is 444 g/mol. The number of nitrogens with two attached hydrogens (primary N) is 1. The summed E-state index contributed by atoms with van der Waals surface area (Å²) in [6, 6.07) is 26.2. The average Bonchev–Trinajstić information content (AvgIpc) is 3.36. The van der Waals surface area contributed by atoms with Crippen molar-refractivity contribution in [3.8, 4) is 0 Å². The summed E-state index contributed by atoms with van der Waals surface area (Å²) in [6.07, 6.45) is 0.636. The van der Waals surface area contributed by atoms with E-state index in [9.17, 15) is 9.59 Å². The number of benzene rings is 3. The molecule has 0 saturated heterocycles. The van der Waals surface area contributed by atoms with Crippen molar-refractivity contribution in [2.24, 2.45) is 0 Å². The van der Waals surface area contributed by atoms with Gasteiger partial charge in [-0.05, 0) is 53.4 Å². The van der Waals surface area contributed by atoms with Crippen molar-refractivity contribution in [3.05, 3.63) is 106 Å². The molecule has 170 valence electrons. The van der Waals surface area contributed by atoms with Gasteiger partial charge < -0.3 is 21.3 Å². The number of amides is 2. The van der Waals surface area contributed by atoms with Crippen LogP contribution in [0, 0.1) is 0 Å². The number of carbonyl (C=O) groups excluding carboxylic acids is 2. The van der Waals surface area contributed by atoms with Crippen LogP contribution in [0.25, 0.3) is 0 Å². The number of nitrogen functional groups attached to an aromatic ring is 1. The van der Waals surface area contributed by atoms with Gasteiger partial charge in [-0.3, -0.25) is 9.59 Å². The predicted molar refractivity (Wildman–Crippen MR) is 138 cm³/mol. The molecule has 4 aromatic rings. The maximum atomic E-state index is 13.0. The third kappa shape index (κ3) is 4.51. The summed E-state index contributed by atoms with van der Waals surface area (Å²) >= 11 is 1.66. The summed E-state index contributed by atoms with van der Waals surface area (Å²) in [5.74, 6) is -0.230. The molecule has 3 aromatic carbocycles. The Morgan fingerprint density at radius 3 is 2.50 bits per heavy atom. The highest BCUT2D eigenvalue weighted by atomic mass is 32.1. The van der Waals surface area contributed by atoms with Gasteiger partial charge in [0.1, 0.15) is 6.04 Å². The maximum Gasteiger partial charge on any atom is 0.255 e. The molecule has 34 heavy (non-hydrogen) atoms. The topological polar surface area (TPSA) is 87.5 Å². The minimum atomic E-state index is -0.322. The first-order valence-corrected chi connectivity index (χ1v) is 11.9. The maximum absolute atomic E-state index is 13.0. The van der Waals surface area contributed by atoms with Crippen molar-refractivity contribution < 1.29 is 9.59 Å². The van der Waals surface area contributed by atoms with Crippen LogP contribution in [-0.2, 0) is 17.8 Å². The van der Waals surface area contributed by atoms with Gasteiger partial charge >= 0.3 is 0 Å². The van der Waals surface area contributed by atoms with Gasteiger partial charge in [0.15, 0.2) is 0 Å². The van der Waals surface area contributed by atoms with Crippen LogP contribution in [0.4, 0.5) is 22.7 Å². The Morgan fingerprint density at radius 1 is 0.971 bits per heavy atom. The number of anilines is 4. The quantitative estimate of drug-likeness (QED) is 0.342. The van der Waals surface area contributed by atoms with E-state index in [0.29, 0.717) is 29.9 Å². The average molecular weight is 469 g/mol. The first-order valence-electron chi connectivity index (χ1n) is 11.0. The standard InChI is InChI=1S/C27H24N4O2S/c28-21-7-1-2-8-22(21)29-26(32)19-13-11-18(12-14-19)17-31-24-10-4-3-9-23(24)30-27(33)25(31)16-20-6-5-15-34-20/h1-15,25H,16-17,28H2,(H,29,32)(H,30,33)/t25-/m0/s1. The Morgan fingerprint density at radius 2 is 1.74 bits per heavy atom. The van der Waals surface area contributed by atoms with Crippen molar-refractivity contribution in [2.75, 3.05) is 21.3 Å². The normalized spacial score (nSPS) is 14.9. The number of para-hydroxylation sites is 4. The molecule has 4 N–H and O–H groups in total. The summed E-state index contributed by atoms with van der Waals surface area (Å²) < 4.78 is 0. The Kier molecular flexibility index (Phi) is 6.01. The predicted octanol–water partition coefficient (Wildman–Crippen LogP) is 5.15. The number of fused-ring (bicyclic) bond motifs is 1. The summed E-state index contributed by atoms with van der Waals surface area (Å²) in [4.78, 5) is 29.0. The Hall–Kier alpha value is -4.10. The Balaban J connectivity index is 1.37.